The summed E-state index contributed by atoms with van der Waals surface area (Å²) in [4.78, 5) is 0. The Morgan fingerprint density at radius 1 is 1.31 bits per heavy atom. The molecule has 1 aromatic rings. The average Bonchev–Trinajstić information content (AvgIpc) is 2.24. The lowest BCUT2D eigenvalue weighted by Crippen LogP contribution is -2.23. The third-order valence-electron chi connectivity index (χ3n) is 2.45. The fraction of sp³-hybridized carbons (Fsp3) is 0.500. The zero-order chi connectivity index (χ0) is 12.0. The van der Waals surface area contributed by atoms with Gasteiger partial charge < -0.3 is 10.5 Å². The van der Waals surface area contributed by atoms with E-state index in [9.17, 15) is 0 Å². The molecule has 0 aliphatic heterocycles. The van der Waals surface area contributed by atoms with Gasteiger partial charge in [-0.05, 0) is 37.0 Å². The van der Waals surface area contributed by atoms with Crippen LogP contribution in [-0.2, 0) is 11.2 Å². The highest BCUT2D eigenvalue weighted by molar-refractivity contribution is 6.35. The Labute approximate surface area is 107 Å². The van der Waals surface area contributed by atoms with Crippen molar-refractivity contribution in [1.29, 1.82) is 0 Å². The number of methoxy groups -OCH3 is 1. The van der Waals surface area contributed by atoms with Gasteiger partial charge in [0.15, 0.2) is 0 Å². The van der Waals surface area contributed by atoms with Gasteiger partial charge in [0.2, 0.25) is 0 Å². The molecular weight excluding hydrogens is 245 g/mol. The summed E-state index contributed by atoms with van der Waals surface area (Å²) in [5.41, 5.74) is 6.95. The number of hydrogen-bond donors (Lipinski definition) is 1. The van der Waals surface area contributed by atoms with Crippen LogP contribution in [0.4, 0.5) is 0 Å². The molecule has 1 unspecified atom stereocenters. The Bertz CT molecular complexity index is 311. The van der Waals surface area contributed by atoms with Crippen molar-refractivity contribution in [1.82, 2.24) is 0 Å². The van der Waals surface area contributed by atoms with Gasteiger partial charge in [-0.3, -0.25) is 0 Å². The van der Waals surface area contributed by atoms with E-state index in [1.165, 1.54) is 0 Å². The van der Waals surface area contributed by atoms with Gasteiger partial charge in [0.25, 0.3) is 0 Å². The molecule has 0 aliphatic rings. The van der Waals surface area contributed by atoms with Gasteiger partial charge in [0, 0.05) is 29.8 Å². The lowest BCUT2D eigenvalue weighted by atomic mass is 10.0. The number of benzene rings is 1. The number of nitrogens with two attached hydrogens (primary N) is 1. The van der Waals surface area contributed by atoms with E-state index in [1.807, 2.05) is 18.2 Å². The Hall–Kier alpha value is -0.280. The van der Waals surface area contributed by atoms with Crippen molar-refractivity contribution >= 4 is 23.2 Å². The van der Waals surface area contributed by atoms with Crippen LogP contribution in [0.3, 0.4) is 0 Å². The van der Waals surface area contributed by atoms with E-state index in [0.717, 1.165) is 25.0 Å². The normalized spacial score (nSPS) is 12.8. The van der Waals surface area contributed by atoms with Gasteiger partial charge in [-0.2, -0.15) is 0 Å². The van der Waals surface area contributed by atoms with Crippen molar-refractivity contribution in [2.75, 3.05) is 13.7 Å². The first kappa shape index (κ1) is 13.8. The summed E-state index contributed by atoms with van der Waals surface area (Å²) in [7, 11) is 1.69. The number of hydrogen-bond acceptors (Lipinski definition) is 2. The molecule has 1 rings (SSSR count). The lowest BCUT2D eigenvalue weighted by molar-refractivity contribution is 0.190. The fourth-order valence-corrected chi connectivity index (χ4v) is 2.13. The maximum Gasteiger partial charge on any atom is 0.0462 e. The molecule has 1 aromatic carbocycles. The Morgan fingerprint density at radius 3 is 2.50 bits per heavy atom. The molecule has 0 bridgehead atoms. The minimum Gasteiger partial charge on any atom is -0.385 e. The third kappa shape index (κ3) is 4.30. The Kier molecular flexibility index (Phi) is 6.14. The molecule has 2 N–H and O–H groups in total. The quantitative estimate of drug-likeness (QED) is 0.798. The molecule has 0 fully saturated rings. The van der Waals surface area contributed by atoms with Crippen molar-refractivity contribution < 1.29 is 4.74 Å². The summed E-state index contributed by atoms with van der Waals surface area (Å²) in [6.45, 7) is 0.740. The minimum absolute atomic E-state index is 0.0764. The van der Waals surface area contributed by atoms with Crippen LogP contribution < -0.4 is 5.73 Å². The van der Waals surface area contributed by atoms with Gasteiger partial charge in [-0.1, -0.05) is 29.3 Å². The van der Waals surface area contributed by atoms with Crippen LogP contribution in [0.15, 0.2) is 18.2 Å². The average molecular weight is 262 g/mol. The van der Waals surface area contributed by atoms with Crippen LogP contribution in [0.1, 0.15) is 18.4 Å². The standard InChI is InChI=1S/C12H17Cl2NO/c1-16-7-3-4-9(15)8-10-11(13)5-2-6-12(10)14/h2,5-6,9H,3-4,7-8,15H2,1H3. The van der Waals surface area contributed by atoms with Gasteiger partial charge in [0.1, 0.15) is 0 Å². The summed E-state index contributed by atoms with van der Waals surface area (Å²) in [5, 5.41) is 1.38. The molecule has 0 radical (unpaired) electrons. The first-order chi connectivity index (χ1) is 7.65. The van der Waals surface area contributed by atoms with Crippen LogP contribution in [0, 0.1) is 0 Å². The summed E-state index contributed by atoms with van der Waals surface area (Å²) < 4.78 is 4.98. The molecule has 1 atom stereocenters. The van der Waals surface area contributed by atoms with Crippen molar-refractivity contribution in [3.8, 4) is 0 Å². The topological polar surface area (TPSA) is 35.2 Å². The maximum atomic E-state index is 6.07. The molecule has 16 heavy (non-hydrogen) atoms. The number of rotatable bonds is 6. The van der Waals surface area contributed by atoms with Gasteiger partial charge in [-0.25, -0.2) is 0 Å². The first-order valence-electron chi connectivity index (χ1n) is 5.32. The number of halogens is 2. The second-order valence-corrected chi connectivity index (χ2v) is 4.61. The first-order valence-corrected chi connectivity index (χ1v) is 6.08. The van der Waals surface area contributed by atoms with Crippen LogP contribution in [-0.4, -0.2) is 19.8 Å². The predicted molar refractivity (Wildman–Crippen MR) is 69.3 cm³/mol. The minimum atomic E-state index is 0.0764. The maximum absolute atomic E-state index is 6.07. The Balaban J connectivity index is 2.52. The van der Waals surface area contributed by atoms with Gasteiger partial charge >= 0.3 is 0 Å². The van der Waals surface area contributed by atoms with Crippen molar-refractivity contribution in [3.63, 3.8) is 0 Å². The summed E-state index contributed by atoms with van der Waals surface area (Å²) in [6, 6.07) is 5.59. The molecule has 4 heteroatoms. The Morgan fingerprint density at radius 2 is 1.94 bits per heavy atom. The molecule has 0 saturated heterocycles. The molecular formula is C12H17Cl2NO. The second kappa shape index (κ2) is 7.13. The van der Waals surface area contributed by atoms with E-state index in [-0.39, 0.29) is 6.04 Å². The zero-order valence-electron chi connectivity index (χ0n) is 9.38. The summed E-state index contributed by atoms with van der Waals surface area (Å²) in [5.74, 6) is 0. The number of ether oxygens (including phenoxy) is 1. The molecule has 0 spiro atoms. The van der Waals surface area contributed by atoms with Crippen LogP contribution in [0.25, 0.3) is 0 Å². The summed E-state index contributed by atoms with van der Waals surface area (Å²) >= 11 is 12.1. The second-order valence-electron chi connectivity index (χ2n) is 3.80. The molecule has 0 aliphatic carbocycles. The third-order valence-corrected chi connectivity index (χ3v) is 3.16. The van der Waals surface area contributed by atoms with E-state index in [0.29, 0.717) is 16.5 Å². The van der Waals surface area contributed by atoms with Gasteiger partial charge in [0.05, 0.1) is 0 Å². The lowest BCUT2D eigenvalue weighted by Gasteiger charge is -2.13. The van der Waals surface area contributed by atoms with E-state index < -0.39 is 0 Å². The predicted octanol–water partition coefficient (Wildman–Crippen LogP) is 3.29. The van der Waals surface area contributed by atoms with Crippen molar-refractivity contribution in [2.45, 2.75) is 25.3 Å². The van der Waals surface area contributed by atoms with Gasteiger partial charge in [-0.15, -0.1) is 0 Å². The fourth-order valence-electron chi connectivity index (χ4n) is 1.58. The van der Waals surface area contributed by atoms with Crippen molar-refractivity contribution in [2.24, 2.45) is 5.73 Å². The molecule has 90 valence electrons. The van der Waals surface area contributed by atoms with Crippen LogP contribution >= 0.6 is 23.2 Å². The highest BCUT2D eigenvalue weighted by Crippen LogP contribution is 2.25. The van der Waals surface area contributed by atoms with E-state index in [1.54, 1.807) is 7.11 Å². The van der Waals surface area contributed by atoms with Crippen molar-refractivity contribution in [3.05, 3.63) is 33.8 Å². The van der Waals surface area contributed by atoms with Crippen LogP contribution in [0.5, 0.6) is 0 Å². The highest BCUT2D eigenvalue weighted by Gasteiger charge is 2.10. The van der Waals surface area contributed by atoms with E-state index in [2.05, 4.69) is 0 Å². The molecule has 2 nitrogen and oxygen atoms in total. The summed E-state index contributed by atoms with van der Waals surface area (Å²) in [6.07, 6.45) is 2.58. The van der Waals surface area contributed by atoms with E-state index >= 15 is 0 Å². The largest absolute Gasteiger partial charge is 0.385 e. The molecule has 0 aromatic heterocycles. The highest BCUT2D eigenvalue weighted by atomic mass is 35.5. The molecule has 0 amide bonds. The zero-order valence-corrected chi connectivity index (χ0v) is 10.9. The SMILES string of the molecule is COCCCC(N)Cc1c(Cl)cccc1Cl. The smallest absolute Gasteiger partial charge is 0.0462 e. The van der Waals surface area contributed by atoms with Crippen LogP contribution in [0.2, 0.25) is 10.0 Å². The molecule has 0 saturated carbocycles. The molecule has 0 heterocycles. The van der Waals surface area contributed by atoms with E-state index in [4.69, 9.17) is 33.7 Å². The monoisotopic (exact) mass is 261 g/mol.